The van der Waals surface area contributed by atoms with Crippen molar-refractivity contribution >= 4 is 28.8 Å². The molecule has 2 amide bonds. The number of carbonyl (C=O) groups is 2. The van der Waals surface area contributed by atoms with Gasteiger partial charge in [-0.15, -0.1) is 11.3 Å². The Kier molecular flexibility index (Phi) is 4.90. The molecule has 0 fully saturated rings. The second-order valence-corrected chi connectivity index (χ2v) is 5.38. The fourth-order valence-electron chi connectivity index (χ4n) is 1.80. The first-order valence-corrected chi connectivity index (χ1v) is 7.21. The number of carbonyl (C=O) groups excluding carboxylic acids is 2. The average Bonchev–Trinajstić information content (AvgIpc) is 2.91. The fourth-order valence-corrected chi connectivity index (χ4v) is 2.51. The molecule has 0 radical (unpaired) electrons. The lowest BCUT2D eigenvalue weighted by molar-refractivity contribution is -0.114. The highest BCUT2D eigenvalue weighted by Gasteiger charge is 2.06. The van der Waals surface area contributed by atoms with Crippen molar-refractivity contribution in [2.24, 2.45) is 0 Å². The molecule has 0 saturated heterocycles. The summed E-state index contributed by atoms with van der Waals surface area (Å²) in [6, 6.07) is 10.9. The second-order valence-electron chi connectivity index (χ2n) is 4.35. The molecule has 2 aromatic rings. The summed E-state index contributed by atoms with van der Waals surface area (Å²) in [5.74, 6) is -0.283. The van der Waals surface area contributed by atoms with Gasteiger partial charge in [-0.1, -0.05) is 12.1 Å². The van der Waals surface area contributed by atoms with Crippen molar-refractivity contribution < 1.29 is 9.59 Å². The quantitative estimate of drug-likeness (QED) is 0.888. The zero-order valence-corrected chi connectivity index (χ0v) is 12.0. The van der Waals surface area contributed by atoms with Crippen LogP contribution in [0, 0.1) is 0 Å². The average molecular weight is 288 g/mol. The minimum Gasteiger partial charge on any atom is -0.352 e. The topological polar surface area (TPSA) is 58.2 Å². The van der Waals surface area contributed by atoms with Gasteiger partial charge in [0.1, 0.15) is 0 Å². The van der Waals surface area contributed by atoms with Gasteiger partial charge in [0.2, 0.25) is 5.91 Å². The molecule has 0 aliphatic heterocycles. The molecule has 0 bridgehead atoms. The summed E-state index contributed by atoms with van der Waals surface area (Å²) >= 11 is 1.68. The van der Waals surface area contributed by atoms with E-state index in [2.05, 4.69) is 10.6 Å². The van der Waals surface area contributed by atoms with E-state index in [9.17, 15) is 9.59 Å². The molecule has 2 rings (SSSR count). The molecular formula is C15H16N2O2S. The number of rotatable bonds is 5. The molecule has 20 heavy (non-hydrogen) atoms. The maximum absolute atomic E-state index is 12.0. The SMILES string of the molecule is CC(=O)Nc1cccc(C(=O)NCCc2cccs2)c1. The first-order chi connectivity index (χ1) is 9.65. The van der Waals surface area contributed by atoms with Gasteiger partial charge in [-0.05, 0) is 36.1 Å². The number of anilines is 1. The molecule has 5 heteroatoms. The molecule has 1 heterocycles. The van der Waals surface area contributed by atoms with E-state index in [1.165, 1.54) is 11.8 Å². The first kappa shape index (κ1) is 14.3. The minimum absolute atomic E-state index is 0.131. The van der Waals surface area contributed by atoms with Crippen molar-refractivity contribution in [3.8, 4) is 0 Å². The van der Waals surface area contributed by atoms with Crippen LogP contribution in [0.1, 0.15) is 22.2 Å². The van der Waals surface area contributed by atoms with E-state index in [4.69, 9.17) is 0 Å². The summed E-state index contributed by atoms with van der Waals surface area (Å²) in [5, 5.41) is 7.56. The predicted octanol–water partition coefficient (Wildman–Crippen LogP) is 2.68. The maximum Gasteiger partial charge on any atom is 0.251 e. The number of nitrogens with one attached hydrogen (secondary N) is 2. The summed E-state index contributed by atoms with van der Waals surface area (Å²) in [6.07, 6.45) is 0.828. The molecule has 1 aromatic carbocycles. The number of amides is 2. The Morgan fingerprint density at radius 3 is 2.75 bits per heavy atom. The van der Waals surface area contributed by atoms with Gasteiger partial charge in [-0.25, -0.2) is 0 Å². The van der Waals surface area contributed by atoms with Gasteiger partial charge in [0.25, 0.3) is 5.91 Å². The van der Waals surface area contributed by atoms with Crippen LogP contribution in [0.25, 0.3) is 0 Å². The van der Waals surface area contributed by atoms with Gasteiger partial charge in [0.15, 0.2) is 0 Å². The monoisotopic (exact) mass is 288 g/mol. The molecule has 0 saturated carbocycles. The van der Waals surface area contributed by atoms with E-state index in [0.717, 1.165) is 6.42 Å². The lowest BCUT2D eigenvalue weighted by atomic mass is 10.2. The predicted molar refractivity (Wildman–Crippen MR) is 81.1 cm³/mol. The molecule has 0 aliphatic carbocycles. The Hall–Kier alpha value is -2.14. The summed E-state index contributed by atoms with van der Waals surface area (Å²) in [5.41, 5.74) is 1.17. The highest BCUT2D eigenvalue weighted by atomic mass is 32.1. The molecule has 2 N–H and O–H groups in total. The third-order valence-electron chi connectivity index (χ3n) is 2.68. The van der Waals surface area contributed by atoms with Gasteiger partial charge in [-0.3, -0.25) is 9.59 Å². The van der Waals surface area contributed by atoms with Gasteiger partial charge >= 0.3 is 0 Å². The number of thiophene rings is 1. The van der Waals surface area contributed by atoms with Crippen molar-refractivity contribution in [2.45, 2.75) is 13.3 Å². The van der Waals surface area contributed by atoms with Gasteiger partial charge < -0.3 is 10.6 Å². The number of hydrogen-bond acceptors (Lipinski definition) is 3. The minimum atomic E-state index is -0.153. The van der Waals surface area contributed by atoms with E-state index in [1.54, 1.807) is 35.6 Å². The van der Waals surface area contributed by atoms with Gasteiger partial charge in [0.05, 0.1) is 0 Å². The van der Waals surface area contributed by atoms with Crippen LogP contribution in [0.5, 0.6) is 0 Å². The van der Waals surface area contributed by atoms with Crippen LogP contribution in [-0.4, -0.2) is 18.4 Å². The molecule has 0 spiro atoms. The molecule has 4 nitrogen and oxygen atoms in total. The van der Waals surface area contributed by atoms with E-state index in [-0.39, 0.29) is 11.8 Å². The smallest absolute Gasteiger partial charge is 0.251 e. The Balaban J connectivity index is 1.90. The van der Waals surface area contributed by atoms with Crippen LogP contribution >= 0.6 is 11.3 Å². The van der Waals surface area contributed by atoms with Crippen LogP contribution in [0.2, 0.25) is 0 Å². The van der Waals surface area contributed by atoms with Crippen LogP contribution in [0.15, 0.2) is 41.8 Å². The zero-order valence-electron chi connectivity index (χ0n) is 11.2. The molecule has 0 aliphatic rings. The summed E-state index contributed by atoms with van der Waals surface area (Å²) in [6.45, 7) is 2.04. The summed E-state index contributed by atoms with van der Waals surface area (Å²) in [7, 11) is 0. The molecule has 0 atom stereocenters. The molecule has 1 aromatic heterocycles. The Bertz CT molecular complexity index is 594. The van der Waals surface area contributed by atoms with Crippen LogP contribution in [-0.2, 0) is 11.2 Å². The van der Waals surface area contributed by atoms with Crippen molar-refractivity contribution in [2.75, 3.05) is 11.9 Å². The number of benzene rings is 1. The van der Waals surface area contributed by atoms with Crippen molar-refractivity contribution in [1.82, 2.24) is 5.32 Å². The maximum atomic E-state index is 12.0. The van der Waals surface area contributed by atoms with Crippen molar-refractivity contribution in [3.63, 3.8) is 0 Å². The largest absolute Gasteiger partial charge is 0.352 e. The van der Waals surface area contributed by atoms with Crippen LogP contribution in [0.3, 0.4) is 0 Å². The third kappa shape index (κ3) is 4.20. The van der Waals surface area contributed by atoms with Crippen LogP contribution in [0.4, 0.5) is 5.69 Å². The second kappa shape index (κ2) is 6.86. The van der Waals surface area contributed by atoms with Crippen LogP contribution < -0.4 is 10.6 Å². The van der Waals surface area contributed by atoms with Crippen molar-refractivity contribution in [1.29, 1.82) is 0 Å². The summed E-state index contributed by atoms with van der Waals surface area (Å²) < 4.78 is 0. The first-order valence-electron chi connectivity index (χ1n) is 6.33. The number of hydrogen-bond donors (Lipinski definition) is 2. The summed E-state index contributed by atoms with van der Waals surface area (Å²) in [4.78, 5) is 24.2. The van der Waals surface area contributed by atoms with E-state index >= 15 is 0 Å². The normalized spacial score (nSPS) is 10.1. The van der Waals surface area contributed by atoms with Gasteiger partial charge in [0, 0.05) is 29.6 Å². The van der Waals surface area contributed by atoms with E-state index < -0.39 is 0 Å². The van der Waals surface area contributed by atoms with E-state index in [1.807, 2.05) is 17.5 Å². The third-order valence-corrected chi connectivity index (χ3v) is 3.62. The van der Waals surface area contributed by atoms with Gasteiger partial charge in [-0.2, -0.15) is 0 Å². The molecular weight excluding hydrogens is 272 g/mol. The van der Waals surface area contributed by atoms with E-state index in [0.29, 0.717) is 17.8 Å². The lowest BCUT2D eigenvalue weighted by Gasteiger charge is -2.07. The Labute approximate surface area is 121 Å². The molecule has 0 unspecified atom stereocenters. The zero-order chi connectivity index (χ0) is 14.4. The van der Waals surface area contributed by atoms with Crippen molar-refractivity contribution in [3.05, 3.63) is 52.2 Å². The highest BCUT2D eigenvalue weighted by molar-refractivity contribution is 7.09. The highest BCUT2D eigenvalue weighted by Crippen LogP contribution is 2.11. The Morgan fingerprint density at radius 1 is 1.20 bits per heavy atom. The fraction of sp³-hybridized carbons (Fsp3) is 0.200. The lowest BCUT2D eigenvalue weighted by Crippen LogP contribution is -2.25. The standard InChI is InChI=1S/C15H16N2O2S/c1-11(18)17-13-5-2-4-12(10-13)15(19)16-8-7-14-6-3-9-20-14/h2-6,9-10H,7-8H2,1H3,(H,16,19)(H,17,18). The Morgan fingerprint density at radius 2 is 2.05 bits per heavy atom. The molecule has 104 valence electrons.